The number of esters is 1. The number of carboxylic acid groups (broad SMARTS) is 1. The fourth-order valence-electron chi connectivity index (χ4n) is 1.94. The lowest BCUT2D eigenvalue weighted by Crippen LogP contribution is -2.25. The number of rotatable bonds is 3. The molecule has 1 unspecified atom stereocenters. The summed E-state index contributed by atoms with van der Waals surface area (Å²) in [5, 5.41) is 10.4. The van der Waals surface area contributed by atoms with E-state index >= 15 is 0 Å². The van der Waals surface area contributed by atoms with Crippen molar-refractivity contribution in [3.8, 4) is 5.75 Å². The molecule has 0 fully saturated rings. The first-order valence-corrected chi connectivity index (χ1v) is 9.11. The fraction of sp³-hybridized carbons (Fsp3) is 0.375. The van der Waals surface area contributed by atoms with Crippen LogP contribution in [0.1, 0.15) is 25.8 Å². The van der Waals surface area contributed by atoms with Crippen LogP contribution in [0.3, 0.4) is 0 Å². The van der Waals surface area contributed by atoms with Crippen molar-refractivity contribution in [2.24, 2.45) is 10.4 Å². The summed E-state index contributed by atoms with van der Waals surface area (Å²) in [6.45, 7) is 5.40. The van der Waals surface area contributed by atoms with Crippen LogP contribution in [0.4, 0.5) is 0 Å². The molecule has 24 heavy (non-hydrogen) atoms. The summed E-state index contributed by atoms with van der Waals surface area (Å²) in [4.78, 5) is 31.7. The van der Waals surface area contributed by atoms with E-state index < -0.39 is 17.4 Å². The van der Waals surface area contributed by atoms with Crippen LogP contribution >= 0.6 is 23.1 Å². The zero-order valence-corrected chi connectivity index (χ0v) is 15.0. The van der Waals surface area contributed by atoms with Crippen LogP contribution in [0.15, 0.2) is 23.2 Å². The Morgan fingerprint density at radius 1 is 1.33 bits per heavy atom. The Bertz CT molecular complexity index is 851. The molecule has 6 nitrogen and oxygen atoms in total. The predicted molar refractivity (Wildman–Crippen MR) is 95.1 cm³/mol. The molecule has 0 aliphatic carbocycles. The van der Waals surface area contributed by atoms with E-state index in [1.54, 1.807) is 39.0 Å². The topological polar surface area (TPSA) is 88.9 Å². The van der Waals surface area contributed by atoms with Gasteiger partial charge in [0.1, 0.15) is 15.8 Å². The highest BCUT2D eigenvalue weighted by Gasteiger charge is 2.27. The summed E-state index contributed by atoms with van der Waals surface area (Å²) in [7, 11) is 0. The monoisotopic (exact) mass is 364 g/mol. The first-order valence-electron chi connectivity index (χ1n) is 7.31. The Hall–Kier alpha value is -1.93. The van der Waals surface area contributed by atoms with Gasteiger partial charge in [0, 0.05) is 11.8 Å². The Morgan fingerprint density at radius 2 is 2.08 bits per heavy atom. The third kappa shape index (κ3) is 3.44. The van der Waals surface area contributed by atoms with Crippen LogP contribution in [0.25, 0.3) is 10.2 Å². The summed E-state index contributed by atoms with van der Waals surface area (Å²) in [5.74, 6) is -0.321. The fourth-order valence-corrected chi connectivity index (χ4v) is 4.03. The number of fused-ring (bicyclic) bond motifs is 1. The second-order valence-electron chi connectivity index (χ2n) is 6.39. The number of aliphatic imine (C=N–C) groups is 1. The van der Waals surface area contributed by atoms with Crippen LogP contribution in [0.5, 0.6) is 5.75 Å². The maximum absolute atomic E-state index is 12.0. The molecule has 1 aliphatic heterocycles. The molecule has 0 bridgehead atoms. The summed E-state index contributed by atoms with van der Waals surface area (Å²) >= 11 is 2.81. The van der Waals surface area contributed by atoms with Gasteiger partial charge in [-0.3, -0.25) is 9.79 Å². The van der Waals surface area contributed by atoms with Crippen molar-refractivity contribution in [1.82, 2.24) is 4.98 Å². The van der Waals surface area contributed by atoms with Gasteiger partial charge in [0.2, 0.25) is 0 Å². The minimum absolute atomic E-state index is 0.299. The summed E-state index contributed by atoms with van der Waals surface area (Å²) < 4.78 is 6.26. The van der Waals surface area contributed by atoms with Gasteiger partial charge in [0.05, 0.1) is 15.6 Å². The van der Waals surface area contributed by atoms with Crippen LogP contribution < -0.4 is 4.74 Å². The van der Waals surface area contributed by atoms with Gasteiger partial charge in [0.25, 0.3) is 0 Å². The Balaban J connectivity index is 1.86. The van der Waals surface area contributed by atoms with Crippen LogP contribution in [-0.4, -0.2) is 38.9 Å². The molecule has 0 amide bonds. The van der Waals surface area contributed by atoms with Gasteiger partial charge in [-0.1, -0.05) is 0 Å². The van der Waals surface area contributed by atoms with E-state index in [9.17, 15) is 9.59 Å². The lowest BCUT2D eigenvalue weighted by Gasteiger charge is -2.16. The van der Waals surface area contributed by atoms with Gasteiger partial charge in [-0.25, -0.2) is 9.78 Å². The molecular weight excluding hydrogens is 348 g/mol. The molecule has 0 spiro atoms. The first-order chi connectivity index (χ1) is 11.2. The van der Waals surface area contributed by atoms with E-state index in [2.05, 4.69) is 9.98 Å². The quantitative estimate of drug-likeness (QED) is 0.665. The van der Waals surface area contributed by atoms with Gasteiger partial charge >= 0.3 is 11.9 Å². The summed E-state index contributed by atoms with van der Waals surface area (Å²) in [5.41, 5.74) is 0.196. The molecule has 1 aromatic heterocycles. The van der Waals surface area contributed by atoms with Gasteiger partial charge in [0.15, 0.2) is 6.04 Å². The van der Waals surface area contributed by atoms with Crippen LogP contribution in [-0.2, 0) is 9.59 Å². The van der Waals surface area contributed by atoms with Gasteiger partial charge < -0.3 is 9.84 Å². The zero-order valence-electron chi connectivity index (χ0n) is 13.4. The largest absolute Gasteiger partial charge is 0.480 e. The van der Waals surface area contributed by atoms with E-state index in [0.29, 0.717) is 21.6 Å². The van der Waals surface area contributed by atoms with E-state index in [-0.39, 0.29) is 5.97 Å². The van der Waals surface area contributed by atoms with Gasteiger partial charge in [-0.05, 0) is 32.9 Å². The Labute approximate surface area is 147 Å². The van der Waals surface area contributed by atoms with E-state index in [1.165, 1.54) is 23.1 Å². The molecule has 0 saturated heterocycles. The minimum Gasteiger partial charge on any atom is -0.480 e. The number of thiazole rings is 1. The first kappa shape index (κ1) is 16.9. The molecule has 0 radical (unpaired) electrons. The number of aliphatic carboxylic acids is 1. The molecule has 3 rings (SSSR count). The molecule has 1 aliphatic rings. The number of benzene rings is 1. The van der Waals surface area contributed by atoms with Crippen molar-refractivity contribution in [2.45, 2.75) is 26.8 Å². The average Bonchev–Trinajstić information content (AvgIpc) is 3.12. The number of carbonyl (C=O) groups is 2. The molecule has 1 aromatic carbocycles. The smallest absolute Gasteiger partial charge is 0.329 e. The Kier molecular flexibility index (Phi) is 4.35. The lowest BCUT2D eigenvalue weighted by molar-refractivity contribution is -0.143. The third-order valence-electron chi connectivity index (χ3n) is 3.30. The van der Waals surface area contributed by atoms with Crippen molar-refractivity contribution >= 4 is 50.3 Å². The highest BCUT2D eigenvalue weighted by Crippen LogP contribution is 2.32. The molecular formula is C16H16N2O4S2. The number of aromatic nitrogens is 1. The summed E-state index contributed by atoms with van der Waals surface area (Å²) in [6.07, 6.45) is 0. The zero-order chi connectivity index (χ0) is 17.5. The van der Waals surface area contributed by atoms with Crippen molar-refractivity contribution in [3.05, 3.63) is 23.2 Å². The number of carboxylic acids is 1. The number of hydrogen-bond donors (Lipinski definition) is 1. The highest BCUT2D eigenvalue weighted by molar-refractivity contribution is 8.15. The van der Waals surface area contributed by atoms with Crippen molar-refractivity contribution in [2.75, 3.05) is 5.75 Å². The number of carbonyl (C=O) groups excluding carboxylic acids is 1. The highest BCUT2D eigenvalue weighted by atomic mass is 32.2. The van der Waals surface area contributed by atoms with Crippen molar-refractivity contribution in [3.63, 3.8) is 0 Å². The number of thioether (sulfide) groups is 1. The maximum Gasteiger partial charge on any atom is 0.329 e. The van der Waals surface area contributed by atoms with E-state index in [4.69, 9.17) is 9.84 Å². The van der Waals surface area contributed by atoms with Crippen LogP contribution in [0.2, 0.25) is 0 Å². The average molecular weight is 364 g/mol. The van der Waals surface area contributed by atoms with Gasteiger partial charge in [-0.15, -0.1) is 23.1 Å². The van der Waals surface area contributed by atoms with Gasteiger partial charge in [-0.2, -0.15) is 0 Å². The predicted octanol–water partition coefficient (Wildman–Crippen LogP) is 3.19. The SMILES string of the molecule is CC(C)(C)C(=O)Oc1ccc2nc(C3=NC(C(=O)O)CS3)sc2c1. The second-order valence-corrected chi connectivity index (χ2v) is 8.43. The Morgan fingerprint density at radius 3 is 2.71 bits per heavy atom. The second kappa shape index (κ2) is 6.18. The maximum atomic E-state index is 12.0. The molecule has 1 N–H and O–H groups in total. The number of nitrogens with zero attached hydrogens (tertiary/aromatic N) is 2. The third-order valence-corrected chi connectivity index (χ3v) is 5.51. The molecule has 8 heteroatoms. The molecule has 2 aromatic rings. The molecule has 0 saturated carbocycles. The van der Waals surface area contributed by atoms with E-state index in [1.807, 2.05) is 0 Å². The van der Waals surface area contributed by atoms with Crippen molar-refractivity contribution < 1.29 is 19.4 Å². The number of hydrogen-bond acceptors (Lipinski definition) is 7. The molecule has 2 heterocycles. The van der Waals surface area contributed by atoms with Crippen LogP contribution in [0, 0.1) is 5.41 Å². The van der Waals surface area contributed by atoms with Crippen molar-refractivity contribution in [1.29, 1.82) is 0 Å². The summed E-state index contributed by atoms with van der Waals surface area (Å²) in [6, 6.07) is 4.56. The minimum atomic E-state index is -0.921. The van der Waals surface area contributed by atoms with E-state index in [0.717, 1.165) is 10.2 Å². The standard InChI is InChI=1S/C16H16N2O4S2/c1-16(2,3)15(21)22-8-4-5-9-11(6-8)24-13(17-9)12-18-10(7-23-12)14(19)20/h4-6,10H,7H2,1-3H3,(H,19,20). The lowest BCUT2D eigenvalue weighted by atomic mass is 9.97. The molecule has 126 valence electrons. The molecule has 1 atom stereocenters. The normalized spacial score (nSPS) is 17.8. The number of ether oxygens (including phenoxy) is 1.